The van der Waals surface area contributed by atoms with Gasteiger partial charge in [0.15, 0.2) is 0 Å². The molecule has 3 unspecified atom stereocenters. The van der Waals surface area contributed by atoms with Crippen molar-refractivity contribution in [2.24, 2.45) is 17.6 Å². The van der Waals surface area contributed by atoms with Gasteiger partial charge in [0.05, 0.1) is 17.1 Å². The lowest BCUT2D eigenvalue weighted by molar-refractivity contribution is 0.0525. The zero-order valence-corrected chi connectivity index (χ0v) is 15.5. The Bertz CT molecular complexity index is 759. The number of carbonyl (C=O) groups is 1. The van der Waals surface area contributed by atoms with Gasteiger partial charge in [0.2, 0.25) is 10.0 Å². The van der Waals surface area contributed by atoms with E-state index in [-0.39, 0.29) is 47.4 Å². The Balaban J connectivity index is 0.00000225. The highest BCUT2D eigenvalue weighted by molar-refractivity contribution is 7.89. The first-order valence-electron chi connectivity index (χ1n) is 8.06. The van der Waals surface area contributed by atoms with Crippen LogP contribution in [-0.4, -0.2) is 44.4 Å². The fourth-order valence-corrected chi connectivity index (χ4v) is 5.25. The van der Waals surface area contributed by atoms with Crippen molar-refractivity contribution in [3.05, 3.63) is 29.6 Å². The van der Waals surface area contributed by atoms with E-state index in [0.29, 0.717) is 13.1 Å². The van der Waals surface area contributed by atoms with Gasteiger partial charge in [-0.3, -0.25) is 0 Å². The summed E-state index contributed by atoms with van der Waals surface area (Å²) in [4.78, 5) is 11.6. The van der Waals surface area contributed by atoms with Gasteiger partial charge in [0.1, 0.15) is 5.82 Å². The van der Waals surface area contributed by atoms with Crippen LogP contribution in [0.15, 0.2) is 23.1 Å². The number of benzene rings is 1. The third kappa shape index (κ3) is 3.81. The third-order valence-electron chi connectivity index (χ3n) is 4.90. The van der Waals surface area contributed by atoms with E-state index >= 15 is 0 Å². The van der Waals surface area contributed by atoms with Crippen molar-refractivity contribution in [2.75, 3.05) is 19.7 Å². The summed E-state index contributed by atoms with van der Waals surface area (Å²) in [5.74, 6) is -1.12. The number of ether oxygens (including phenoxy) is 1. The van der Waals surface area contributed by atoms with Gasteiger partial charge in [-0.2, -0.15) is 4.31 Å². The summed E-state index contributed by atoms with van der Waals surface area (Å²) in [6.07, 6.45) is 1.82. The maximum Gasteiger partial charge on any atom is 0.338 e. The lowest BCUT2D eigenvalue weighted by atomic mass is 9.98. The molecule has 1 saturated carbocycles. The normalized spacial score (nSPS) is 26.1. The van der Waals surface area contributed by atoms with Gasteiger partial charge in [-0.15, -0.1) is 12.4 Å². The molecule has 3 rings (SSSR count). The Kier molecular flexibility index (Phi) is 6.09. The van der Waals surface area contributed by atoms with Crippen LogP contribution in [0.4, 0.5) is 4.39 Å². The van der Waals surface area contributed by atoms with E-state index in [9.17, 15) is 17.6 Å². The van der Waals surface area contributed by atoms with Crippen molar-refractivity contribution in [3.8, 4) is 0 Å². The van der Waals surface area contributed by atoms with Crippen LogP contribution in [0.5, 0.6) is 0 Å². The lowest BCUT2D eigenvalue weighted by Crippen LogP contribution is -2.33. The van der Waals surface area contributed by atoms with E-state index in [1.165, 1.54) is 10.4 Å². The predicted octanol–water partition coefficient (Wildman–Crippen LogP) is 1.78. The molecule has 0 spiro atoms. The molecule has 1 aliphatic heterocycles. The summed E-state index contributed by atoms with van der Waals surface area (Å²) in [5.41, 5.74) is 5.94. The monoisotopic (exact) mass is 392 g/mol. The van der Waals surface area contributed by atoms with Crippen LogP contribution in [-0.2, 0) is 14.8 Å². The fourth-order valence-electron chi connectivity index (χ4n) is 3.66. The summed E-state index contributed by atoms with van der Waals surface area (Å²) in [5, 5.41) is 0. The molecule has 0 radical (unpaired) electrons. The Morgan fingerprint density at radius 2 is 2.04 bits per heavy atom. The second-order valence-electron chi connectivity index (χ2n) is 6.38. The molecule has 2 aliphatic rings. The van der Waals surface area contributed by atoms with Crippen LogP contribution in [0.2, 0.25) is 0 Å². The van der Waals surface area contributed by atoms with Crippen LogP contribution >= 0.6 is 12.4 Å². The number of halogens is 2. The summed E-state index contributed by atoms with van der Waals surface area (Å²) in [6.45, 7) is 2.50. The number of nitrogens with zero attached hydrogens (tertiary/aromatic N) is 1. The number of fused-ring (bicyclic) bond motifs is 1. The second kappa shape index (κ2) is 7.57. The van der Waals surface area contributed by atoms with Gasteiger partial charge in [-0.1, -0.05) is 0 Å². The van der Waals surface area contributed by atoms with Crippen molar-refractivity contribution < 1.29 is 22.3 Å². The van der Waals surface area contributed by atoms with Gasteiger partial charge in [-0.05, 0) is 49.8 Å². The molecule has 1 saturated heterocycles. The van der Waals surface area contributed by atoms with E-state index in [2.05, 4.69) is 0 Å². The minimum Gasteiger partial charge on any atom is -0.462 e. The van der Waals surface area contributed by atoms with E-state index < -0.39 is 21.8 Å². The van der Waals surface area contributed by atoms with Crippen molar-refractivity contribution in [1.82, 2.24) is 4.31 Å². The first-order chi connectivity index (χ1) is 11.3. The third-order valence-corrected chi connectivity index (χ3v) is 6.71. The fraction of sp³-hybridized carbons (Fsp3) is 0.562. The highest BCUT2D eigenvalue weighted by Crippen LogP contribution is 2.39. The highest BCUT2D eigenvalue weighted by Gasteiger charge is 2.45. The molecule has 1 aromatic carbocycles. The number of nitrogens with two attached hydrogens (primary N) is 1. The van der Waals surface area contributed by atoms with Crippen LogP contribution < -0.4 is 5.73 Å². The van der Waals surface area contributed by atoms with Crippen LogP contribution in [0.25, 0.3) is 0 Å². The van der Waals surface area contributed by atoms with Crippen LogP contribution in [0, 0.1) is 17.7 Å². The molecule has 1 aliphatic carbocycles. The van der Waals surface area contributed by atoms with Gasteiger partial charge in [0, 0.05) is 19.1 Å². The van der Waals surface area contributed by atoms with Crippen LogP contribution in [0.1, 0.15) is 30.1 Å². The van der Waals surface area contributed by atoms with Gasteiger partial charge in [0.25, 0.3) is 0 Å². The first-order valence-corrected chi connectivity index (χ1v) is 9.50. The smallest absolute Gasteiger partial charge is 0.338 e. The number of rotatable bonds is 4. The summed E-state index contributed by atoms with van der Waals surface area (Å²) < 4.78 is 45.6. The quantitative estimate of drug-likeness (QED) is 0.789. The molecule has 2 N–H and O–H groups in total. The van der Waals surface area contributed by atoms with Crippen molar-refractivity contribution in [1.29, 1.82) is 0 Å². The van der Waals surface area contributed by atoms with E-state index in [1.54, 1.807) is 6.92 Å². The summed E-state index contributed by atoms with van der Waals surface area (Å²) in [6, 6.07) is 3.10. The molecule has 6 nitrogen and oxygen atoms in total. The van der Waals surface area contributed by atoms with Gasteiger partial charge in [-0.25, -0.2) is 17.6 Å². The second-order valence-corrected chi connectivity index (χ2v) is 8.32. The molecule has 0 bridgehead atoms. The molecule has 3 atom stereocenters. The average molecular weight is 393 g/mol. The minimum atomic E-state index is -3.87. The van der Waals surface area contributed by atoms with Crippen molar-refractivity contribution >= 4 is 28.4 Å². The van der Waals surface area contributed by atoms with Crippen molar-refractivity contribution in [3.63, 3.8) is 0 Å². The maximum atomic E-state index is 13.8. The number of sulfonamides is 1. The molecule has 140 valence electrons. The standard InChI is InChI=1S/C16H21FN2O4S.ClH/c1-2-23-16(20)11-5-12(17)7-13(6-11)24(21,22)19-8-10-3-4-15(18)14(10)9-19;/h5-7,10,14-15H,2-4,8-9,18H2,1H3;1H. The molecule has 9 heteroatoms. The van der Waals surface area contributed by atoms with Crippen LogP contribution in [0.3, 0.4) is 0 Å². The summed E-state index contributed by atoms with van der Waals surface area (Å²) >= 11 is 0. The maximum absolute atomic E-state index is 13.8. The highest BCUT2D eigenvalue weighted by atomic mass is 35.5. The topological polar surface area (TPSA) is 89.7 Å². The molecular formula is C16H22ClFN2O4S. The Morgan fingerprint density at radius 1 is 1.32 bits per heavy atom. The Labute approximate surface area is 153 Å². The molecular weight excluding hydrogens is 371 g/mol. The van der Waals surface area contributed by atoms with E-state index in [1.807, 2.05) is 0 Å². The minimum absolute atomic E-state index is 0. The number of carbonyl (C=O) groups excluding carboxylic acids is 1. The zero-order chi connectivity index (χ0) is 17.5. The summed E-state index contributed by atoms with van der Waals surface area (Å²) in [7, 11) is -3.87. The Morgan fingerprint density at radius 3 is 2.68 bits per heavy atom. The molecule has 1 aromatic rings. The zero-order valence-electron chi connectivity index (χ0n) is 13.9. The van der Waals surface area contributed by atoms with Gasteiger partial charge >= 0.3 is 5.97 Å². The molecule has 0 amide bonds. The molecule has 1 heterocycles. The Hall–Kier alpha value is -1.22. The largest absolute Gasteiger partial charge is 0.462 e. The lowest BCUT2D eigenvalue weighted by Gasteiger charge is -2.19. The molecule has 0 aromatic heterocycles. The number of hydrogen-bond donors (Lipinski definition) is 1. The van der Waals surface area contributed by atoms with Crippen molar-refractivity contribution in [2.45, 2.75) is 30.7 Å². The van der Waals surface area contributed by atoms with E-state index in [4.69, 9.17) is 10.5 Å². The number of esters is 1. The molecule has 25 heavy (non-hydrogen) atoms. The first kappa shape index (κ1) is 20.1. The van der Waals surface area contributed by atoms with Gasteiger partial charge < -0.3 is 10.5 Å². The molecule has 2 fully saturated rings. The van der Waals surface area contributed by atoms with E-state index in [0.717, 1.165) is 25.0 Å². The average Bonchev–Trinajstić information content (AvgIpc) is 3.10. The number of hydrogen-bond acceptors (Lipinski definition) is 5. The SMILES string of the molecule is CCOC(=O)c1cc(F)cc(S(=O)(=O)N2CC3CCC(N)C3C2)c1.Cl. The predicted molar refractivity (Wildman–Crippen MR) is 92.6 cm³/mol.